The van der Waals surface area contributed by atoms with Crippen LogP contribution >= 0.6 is 35.3 Å². The van der Waals surface area contributed by atoms with Crippen LogP contribution in [0.5, 0.6) is 0 Å². The van der Waals surface area contributed by atoms with Crippen LogP contribution in [-0.2, 0) is 6.42 Å². The Morgan fingerprint density at radius 1 is 1.40 bits per heavy atom. The van der Waals surface area contributed by atoms with E-state index in [0.717, 1.165) is 12.1 Å². The van der Waals surface area contributed by atoms with Crippen molar-refractivity contribution in [2.45, 2.75) is 13.3 Å². The summed E-state index contributed by atoms with van der Waals surface area (Å²) in [5.41, 5.74) is 10.8. The SMILES string of the molecule is Cc1cccc2c1Cc1sc(N)nc1-2.I. The number of fused-ring (bicyclic) bond motifs is 3. The van der Waals surface area contributed by atoms with Crippen LogP contribution < -0.4 is 5.73 Å². The van der Waals surface area contributed by atoms with Crippen molar-refractivity contribution < 1.29 is 0 Å². The first kappa shape index (κ1) is 10.9. The molecule has 0 bridgehead atoms. The largest absolute Gasteiger partial charge is 0.375 e. The van der Waals surface area contributed by atoms with Crippen LogP contribution in [0, 0.1) is 6.92 Å². The molecule has 2 aromatic rings. The molecular formula is C11H11IN2S. The summed E-state index contributed by atoms with van der Waals surface area (Å²) >= 11 is 1.61. The molecule has 15 heavy (non-hydrogen) atoms. The van der Waals surface area contributed by atoms with Gasteiger partial charge in [0.2, 0.25) is 0 Å². The first-order valence-corrected chi connectivity index (χ1v) is 5.41. The number of nitrogens with two attached hydrogens (primary N) is 1. The van der Waals surface area contributed by atoms with Crippen LogP contribution in [-0.4, -0.2) is 4.98 Å². The summed E-state index contributed by atoms with van der Waals surface area (Å²) in [5.74, 6) is 0. The average molecular weight is 330 g/mol. The number of aromatic nitrogens is 1. The minimum Gasteiger partial charge on any atom is -0.375 e. The quantitative estimate of drug-likeness (QED) is 0.643. The molecule has 3 rings (SSSR count). The second kappa shape index (κ2) is 3.75. The van der Waals surface area contributed by atoms with Gasteiger partial charge in [0, 0.05) is 16.9 Å². The van der Waals surface area contributed by atoms with Gasteiger partial charge in [-0.25, -0.2) is 4.98 Å². The van der Waals surface area contributed by atoms with E-state index in [2.05, 4.69) is 30.1 Å². The Kier molecular flexibility index (Phi) is 2.72. The van der Waals surface area contributed by atoms with Gasteiger partial charge in [0.05, 0.1) is 5.69 Å². The van der Waals surface area contributed by atoms with Crippen molar-refractivity contribution in [3.63, 3.8) is 0 Å². The van der Waals surface area contributed by atoms with E-state index in [1.165, 1.54) is 21.6 Å². The zero-order chi connectivity index (χ0) is 9.71. The van der Waals surface area contributed by atoms with Crippen LogP contribution in [0.1, 0.15) is 16.0 Å². The Morgan fingerprint density at radius 3 is 3.00 bits per heavy atom. The highest BCUT2D eigenvalue weighted by atomic mass is 127. The second-order valence-electron chi connectivity index (χ2n) is 3.60. The van der Waals surface area contributed by atoms with Crippen molar-refractivity contribution in [3.8, 4) is 11.3 Å². The van der Waals surface area contributed by atoms with Gasteiger partial charge in [0.1, 0.15) is 0 Å². The number of nitrogen functional groups attached to an aromatic ring is 1. The Labute approximate surface area is 110 Å². The Morgan fingerprint density at radius 2 is 2.20 bits per heavy atom. The molecule has 0 fully saturated rings. The number of hydrogen-bond donors (Lipinski definition) is 1. The number of aryl methyl sites for hydroxylation is 1. The van der Waals surface area contributed by atoms with Crippen LogP contribution in [0.2, 0.25) is 0 Å². The van der Waals surface area contributed by atoms with Crippen molar-refractivity contribution in [2.24, 2.45) is 0 Å². The van der Waals surface area contributed by atoms with Gasteiger partial charge in [0.25, 0.3) is 0 Å². The highest BCUT2D eigenvalue weighted by Gasteiger charge is 2.23. The molecule has 0 spiro atoms. The predicted octanol–water partition coefficient (Wildman–Crippen LogP) is 3.22. The monoisotopic (exact) mass is 330 g/mol. The molecule has 0 radical (unpaired) electrons. The van der Waals surface area contributed by atoms with Crippen molar-refractivity contribution in [1.29, 1.82) is 0 Å². The summed E-state index contributed by atoms with van der Waals surface area (Å²) in [4.78, 5) is 5.68. The predicted molar refractivity (Wildman–Crippen MR) is 74.9 cm³/mol. The Bertz CT molecular complexity index is 519. The van der Waals surface area contributed by atoms with Gasteiger partial charge < -0.3 is 5.73 Å². The Balaban J connectivity index is 0.000000853. The Hall–Kier alpha value is -0.620. The normalized spacial score (nSPS) is 11.8. The third-order valence-electron chi connectivity index (χ3n) is 2.72. The molecule has 78 valence electrons. The molecule has 1 aliphatic rings. The number of benzene rings is 1. The molecule has 1 aromatic carbocycles. The molecule has 0 amide bonds. The molecule has 1 heterocycles. The molecular weight excluding hydrogens is 319 g/mol. The lowest BCUT2D eigenvalue weighted by molar-refractivity contribution is 1.25. The molecule has 1 aliphatic carbocycles. The van der Waals surface area contributed by atoms with E-state index in [-0.39, 0.29) is 24.0 Å². The van der Waals surface area contributed by atoms with Crippen LogP contribution in [0.25, 0.3) is 11.3 Å². The van der Waals surface area contributed by atoms with E-state index in [1.54, 1.807) is 11.3 Å². The maximum atomic E-state index is 5.69. The molecule has 0 unspecified atom stereocenters. The fraction of sp³-hybridized carbons (Fsp3) is 0.182. The molecule has 4 heteroatoms. The summed E-state index contributed by atoms with van der Waals surface area (Å²) in [6.07, 6.45) is 1.01. The van der Waals surface area contributed by atoms with Crippen molar-refractivity contribution in [2.75, 3.05) is 5.73 Å². The summed E-state index contributed by atoms with van der Waals surface area (Å²) < 4.78 is 0. The zero-order valence-corrected chi connectivity index (χ0v) is 11.4. The van der Waals surface area contributed by atoms with Gasteiger partial charge in [-0.1, -0.05) is 18.2 Å². The lowest BCUT2D eigenvalue weighted by Crippen LogP contribution is -1.87. The standard InChI is InChI=1S/C11H10N2S.HI/c1-6-3-2-4-7-8(6)5-9-10(7)13-11(12)14-9;/h2-4H,5H2,1H3,(H2,12,13);1H. The maximum absolute atomic E-state index is 5.69. The number of hydrogen-bond acceptors (Lipinski definition) is 3. The number of thiazole rings is 1. The van der Waals surface area contributed by atoms with Gasteiger partial charge >= 0.3 is 0 Å². The van der Waals surface area contributed by atoms with E-state index in [0.29, 0.717) is 5.13 Å². The van der Waals surface area contributed by atoms with E-state index < -0.39 is 0 Å². The second-order valence-corrected chi connectivity index (χ2v) is 4.72. The summed E-state index contributed by atoms with van der Waals surface area (Å²) in [6, 6.07) is 6.37. The van der Waals surface area contributed by atoms with Crippen LogP contribution in [0.4, 0.5) is 5.13 Å². The lowest BCUT2D eigenvalue weighted by atomic mass is 10.0. The summed E-state index contributed by atoms with van der Waals surface area (Å²) in [7, 11) is 0. The van der Waals surface area contributed by atoms with E-state index in [1.807, 2.05) is 0 Å². The maximum Gasteiger partial charge on any atom is 0.180 e. The first-order valence-electron chi connectivity index (χ1n) is 4.60. The van der Waals surface area contributed by atoms with Gasteiger partial charge in [-0.3, -0.25) is 0 Å². The molecule has 1 aromatic heterocycles. The molecule has 0 saturated heterocycles. The van der Waals surface area contributed by atoms with E-state index >= 15 is 0 Å². The lowest BCUT2D eigenvalue weighted by Gasteiger charge is -2.02. The summed E-state index contributed by atoms with van der Waals surface area (Å²) in [5, 5.41) is 0.683. The number of nitrogens with zero attached hydrogens (tertiary/aromatic N) is 1. The fourth-order valence-electron chi connectivity index (χ4n) is 2.02. The van der Waals surface area contributed by atoms with Gasteiger partial charge in [-0.05, 0) is 18.1 Å². The fourth-order valence-corrected chi connectivity index (χ4v) is 2.88. The first-order chi connectivity index (χ1) is 6.75. The van der Waals surface area contributed by atoms with Crippen molar-refractivity contribution in [3.05, 3.63) is 34.2 Å². The van der Waals surface area contributed by atoms with Crippen molar-refractivity contribution in [1.82, 2.24) is 4.98 Å². The van der Waals surface area contributed by atoms with Crippen molar-refractivity contribution >= 4 is 40.4 Å². The summed E-state index contributed by atoms with van der Waals surface area (Å²) in [6.45, 7) is 2.15. The highest BCUT2D eigenvalue weighted by Crippen LogP contribution is 2.41. The van der Waals surface area contributed by atoms with Gasteiger partial charge in [-0.15, -0.1) is 35.3 Å². The van der Waals surface area contributed by atoms with Gasteiger partial charge in [0.15, 0.2) is 5.13 Å². The minimum absolute atomic E-state index is 0. The zero-order valence-electron chi connectivity index (χ0n) is 8.28. The minimum atomic E-state index is 0. The number of anilines is 1. The van der Waals surface area contributed by atoms with Crippen LogP contribution in [0.15, 0.2) is 18.2 Å². The van der Waals surface area contributed by atoms with E-state index in [4.69, 9.17) is 5.73 Å². The van der Waals surface area contributed by atoms with E-state index in [9.17, 15) is 0 Å². The molecule has 2 N–H and O–H groups in total. The van der Waals surface area contributed by atoms with Crippen LogP contribution in [0.3, 0.4) is 0 Å². The molecule has 2 nitrogen and oxygen atoms in total. The third kappa shape index (κ3) is 1.56. The smallest absolute Gasteiger partial charge is 0.180 e. The number of rotatable bonds is 0. The highest BCUT2D eigenvalue weighted by molar-refractivity contribution is 14.0. The molecule has 0 atom stereocenters. The van der Waals surface area contributed by atoms with Gasteiger partial charge in [-0.2, -0.15) is 0 Å². The molecule has 0 saturated carbocycles. The molecule has 0 aliphatic heterocycles. The number of halogens is 1. The topological polar surface area (TPSA) is 38.9 Å². The average Bonchev–Trinajstić information content (AvgIpc) is 2.63. The third-order valence-corrected chi connectivity index (χ3v) is 3.60.